The van der Waals surface area contributed by atoms with Crippen LogP contribution in [-0.4, -0.2) is 23.3 Å². The van der Waals surface area contributed by atoms with Gasteiger partial charge >= 0.3 is 6.03 Å². The maximum absolute atomic E-state index is 11.0. The maximum Gasteiger partial charge on any atom is 0.339 e. The highest BCUT2D eigenvalue weighted by Gasteiger charge is 2.08. The highest BCUT2D eigenvalue weighted by atomic mass is 16.6. The Morgan fingerprint density at radius 3 is 3.08 bits per heavy atom. The molecule has 72 valence electrons. The molecule has 0 saturated carbocycles. The summed E-state index contributed by atoms with van der Waals surface area (Å²) in [6.45, 7) is 1.85. The van der Waals surface area contributed by atoms with Gasteiger partial charge in [0, 0.05) is 11.8 Å². The molecule has 0 saturated heterocycles. The average molecular weight is 184 g/mol. The van der Waals surface area contributed by atoms with Crippen LogP contribution in [0.3, 0.4) is 0 Å². The van der Waals surface area contributed by atoms with E-state index in [1.54, 1.807) is 12.4 Å². The predicted octanol–water partition coefficient (Wildman–Crippen LogP) is 0.331. The Morgan fingerprint density at radius 1 is 1.77 bits per heavy atom. The van der Waals surface area contributed by atoms with E-state index in [-0.39, 0.29) is 12.1 Å². The Kier molecular flexibility index (Phi) is 3.27. The van der Waals surface area contributed by atoms with Gasteiger partial charge < -0.3 is 5.32 Å². The van der Waals surface area contributed by atoms with E-state index in [0.29, 0.717) is 0 Å². The van der Waals surface area contributed by atoms with Crippen molar-refractivity contribution in [3.8, 4) is 0 Å². The molecule has 6 nitrogen and oxygen atoms in total. The number of H-pyrrole nitrogens is 1. The number of aromatic amines is 1. The molecule has 6 heteroatoms. The molecular formula is C7H12N4O2. The lowest BCUT2D eigenvalue weighted by Gasteiger charge is -2.11. The number of carbonyl (C=O) groups is 1. The smallest absolute Gasteiger partial charge is 0.330 e. The van der Waals surface area contributed by atoms with E-state index in [1.807, 2.05) is 6.92 Å². The van der Waals surface area contributed by atoms with E-state index in [1.165, 1.54) is 7.11 Å². The van der Waals surface area contributed by atoms with Crippen LogP contribution in [-0.2, 0) is 4.84 Å². The van der Waals surface area contributed by atoms with E-state index in [2.05, 4.69) is 25.8 Å². The van der Waals surface area contributed by atoms with Crippen LogP contribution in [0.1, 0.15) is 18.5 Å². The molecule has 0 aliphatic carbocycles. The Balaban J connectivity index is 2.42. The zero-order valence-electron chi connectivity index (χ0n) is 7.50. The lowest BCUT2D eigenvalue weighted by Crippen LogP contribution is -2.36. The van der Waals surface area contributed by atoms with E-state index in [9.17, 15) is 4.79 Å². The molecule has 0 bridgehead atoms. The van der Waals surface area contributed by atoms with Crippen molar-refractivity contribution in [2.45, 2.75) is 13.0 Å². The molecule has 13 heavy (non-hydrogen) atoms. The number of hydroxylamine groups is 1. The zero-order valence-corrected chi connectivity index (χ0v) is 7.50. The van der Waals surface area contributed by atoms with Gasteiger partial charge in [-0.05, 0) is 6.92 Å². The third-order valence-electron chi connectivity index (χ3n) is 1.56. The minimum absolute atomic E-state index is 0.103. The number of amides is 2. The van der Waals surface area contributed by atoms with Crippen molar-refractivity contribution in [2.75, 3.05) is 7.11 Å². The standard InChI is InChI=1S/C7H12N4O2/c1-5(6-3-8-9-4-6)10-7(12)11-13-2/h3-5H,1-2H3,(H,8,9)(H2,10,11,12). The second kappa shape index (κ2) is 4.46. The van der Waals surface area contributed by atoms with Crippen molar-refractivity contribution in [1.29, 1.82) is 0 Å². The number of hydrogen-bond donors (Lipinski definition) is 3. The van der Waals surface area contributed by atoms with Crippen LogP contribution in [0.4, 0.5) is 4.79 Å². The van der Waals surface area contributed by atoms with Gasteiger partial charge in [0.2, 0.25) is 0 Å². The van der Waals surface area contributed by atoms with Gasteiger partial charge in [-0.3, -0.25) is 9.94 Å². The average Bonchev–Trinajstić information content (AvgIpc) is 2.55. The lowest BCUT2D eigenvalue weighted by atomic mass is 10.2. The molecule has 0 radical (unpaired) electrons. The molecule has 1 aromatic heterocycles. The first-order chi connectivity index (χ1) is 6.24. The molecule has 1 heterocycles. The molecule has 1 atom stereocenters. The zero-order chi connectivity index (χ0) is 9.68. The first-order valence-electron chi connectivity index (χ1n) is 3.82. The third kappa shape index (κ3) is 2.75. The summed E-state index contributed by atoms with van der Waals surface area (Å²) >= 11 is 0. The van der Waals surface area contributed by atoms with Crippen LogP contribution in [0.5, 0.6) is 0 Å². The summed E-state index contributed by atoms with van der Waals surface area (Å²) in [5, 5.41) is 9.08. The van der Waals surface area contributed by atoms with Crippen LogP contribution in [0.2, 0.25) is 0 Å². The normalized spacial score (nSPS) is 12.2. The summed E-state index contributed by atoms with van der Waals surface area (Å²) in [6.07, 6.45) is 3.37. The van der Waals surface area contributed by atoms with Gasteiger partial charge in [0.1, 0.15) is 0 Å². The van der Waals surface area contributed by atoms with Crippen molar-refractivity contribution >= 4 is 6.03 Å². The second-order valence-electron chi connectivity index (χ2n) is 2.53. The number of aromatic nitrogens is 2. The van der Waals surface area contributed by atoms with Crippen LogP contribution >= 0.6 is 0 Å². The topological polar surface area (TPSA) is 79.0 Å². The summed E-state index contributed by atoms with van der Waals surface area (Å²) in [4.78, 5) is 15.4. The number of nitrogens with zero attached hydrogens (tertiary/aromatic N) is 1. The molecule has 0 aliphatic rings. The largest absolute Gasteiger partial charge is 0.339 e. The predicted molar refractivity (Wildman–Crippen MR) is 45.7 cm³/mol. The fourth-order valence-electron chi connectivity index (χ4n) is 0.900. The SMILES string of the molecule is CONC(=O)NC(C)c1cn[nH]c1. The van der Waals surface area contributed by atoms with Gasteiger partial charge in [0.05, 0.1) is 19.3 Å². The number of rotatable bonds is 3. The fourth-order valence-corrected chi connectivity index (χ4v) is 0.900. The molecule has 1 rings (SSSR count). The van der Waals surface area contributed by atoms with E-state index < -0.39 is 0 Å². The summed E-state index contributed by atoms with van der Waals surface area (Å²) in [5.41, 5.74) is 3.07. The van der Waals surface area contributed by atoms with Crippen molar-refractivity contribution in [3.05, 3.63) is 18.0 Å². The first kappa shape index (κ1) is 9.53. The minimum atomic E-state index is -0.379. The van der Waals surface area contributed by atoms with Crippen LogP contribution in [0.25, 0.3) is 0 Å². The Labute approximate surface area is 75.6 Å². The molecule has 2 amide bonds. The Bertz CT molecular complexity index is 259. The maximum atomic E-state index is 11.0. The molecule has 0 aromatic carbocycles. The van der Waals surface area contributed by atoms with Crippen LogP contribution in [0.15, 0.2) is 12.4 Å². The van der Waals surface area contributed by atoms with E-state index in [4.69, 9.17) is 0 Å². The van der Waals surface area contributed by atoms with Gasteiger partial charge in [0.25, 0.3) is 0 Å². The number of carbonyl (C=O) groups excluding carboxylic acids is 1. The van der Waals surface area contributed by atoms with E-state index in [0.717, 1.165) is 5.56 Å². The number of hydrogen-bond acceptors (Lipinski definition) is 3. The Hall–Kier alpha value is -1.56. The monoisotopic (exact) mass is 184 g/mol. The van der Waals surface area contributed by atoms with Crippen molar-refractivity contribution in [3.63, 3.8) is 0 Å². The summed E-state index contributed by atoms with van der Waals surface area (Å²) in [6, 6.07) is -0.481. The second-order valence-corrected chi connectivity index (χ2v) is 2.53. The fraction of sp³-hybridized carbons (Fsp3) is 0.429. The number of nitrogens with one attached hydrogen (secondary N) is 3. The van der Waals surface area contributed by atoms with Crippen molar-refractivity contribution in [1.82, 2.24) is 21.0 Å². The summed E-state index contributed by atoms with van der Waals surface area (Å²) < 4.78 is 0. The first-order valence-corrected chi connectivity index (χ1v) is 3.82. The molecule has 1 aromatic rings. The molecule has 0 aliphatic heterocycles. The van der Waals surface area contributed by atoms with E-state index >= 15 is 0 Å². The summed E-state index contributed by atoms with van der Waals surface area (Å²) in [7, 11) is 1.38. The van der Waals surface area contributed by atoms with Gasteiger partial charge in [0.15, 0.2) is 0 Å². The summed E-state index contributed by atoms with van der Waals surface area (Å²) in [5.74, 6) is 0. The highest BCUT2D eigenvalue weighted by molar-refractivity contribution is 5.73. The Morgan fingerprint density at radius 2 is 2.54 bits per heavy atom. The third-order valence-corrected chi connectivity index (χ3v) is 1.56. The highest BCUT2D eigenvalue weighted by Crippen LogP contribution is 2.07. The number of urea groups is 1. The van der Waals surface area contributed by atoms with Gasteiger partial charge in [-0.15, -0.1) is 0 Å². The molecule has 0 spiro atoms. The van der Waals surface area contributed by atoms with Crippen molar-refractivity contribution < 1.29 is 9.63 Å². The van der Waals surface area contributed by atoms with Crippen LogP contribution in [0, 0.1) is 0 Å². The van der Waals surface area contributed by atoms with Gasteiger partial charge in [-0.25, -0.2) is 10.3 Å². The molecule has 1 unspecified atom stereocenters. The molecule has 3 N–H and O–H groups in total. The van der Waals surface area contributed by atoms with Crippen molar-refractivity contribution in [2.24, 2.45) is 0 Å². The lowest BCUT2D eigenvalue weighted by molar-refractivity contribution is 0.106. The quantitative estimate of drug-likeness (QED) is 0.592. The molecular weight excluding hydrogens is 172 g/mol. The minimum Gasteiger partial charge on any atom is -0.330 e. The van der Waals surface area contributed by atoms with Gasteiger partial charge in [-0.2, -0.15) is 5.10 Å². The van der Waals surface area contributed by atoms with Crippen LogP contribution < -0.4 is 10.8 Å². The van der Waals surface area contributed by atoms with Gasteiger partial charge in [-0.1, -0.05) is 0 Å². The molecule has 0 fully saturated rings.